The number of carbonyl (C=O) groups excluding carboxylic acids is 2. The molecule has 2 rings (SSSR count). The number of nitrogens with one attached hydrogen (secondary N) is 1. The second-order valence-electron chi connectivity index (χ2n) is 7.57. The molecule has 0 saturated carbocycles. The van der Waals surface area contributed by atoms with Gasteiger partial charge in [0.1, 0.15) is 11.8 Å². The van der Waals surface area contributed by atoms with Gasteiger partial charge < -0.3 is 15.0 Å². The van der Waals surface area contributed by atoms with E-state index in [0.717, 1.165) is 34.6 Å². The fourth-order valence-electron chi connectivity index (χ4n) is 3.35. The lowest BCUT2D eigenvalue weighted by Gasteiger charge is -2.30. The van der Waals surface area contributed by atoms with Gasteiger partial charge in [-0.25, -0.2) is 0 Å². The van der Waals surface area contributed by atoms with Gasteiger partial charge in [0, 0.05) is 18.8 Å². The molecule has 2 aromatic carbocycles. The first-order valence-electron chi connectivity index (χ1n) is 10.8. The molecule has 168 valence electrons. The molecule has 0 fully saturated rings. The van der Waals surface area contributed by atoms with Crippen LogP contribution < -0.4 is 10.1 Å². The van der Waals surface area contributed by atoms with Crippen molar-refractivity contribution in [3.05, 3.63) is 65.2 Å². The van der Waals surface area contributed by atoms with E-state index >= 15 is 0 Å². The second-order valence-corrected chi connectivity index (χ2v) is 8.55. The van der Waals surface area contributed by atoms with Crippen LogP contribution >= 0.6 is 11.8 Å². The summed E-state index contributed by atoms with van der Waals surface area (Å²) in [6.45, 7) is 7.06. The SMILES string of the molecule is CCCNC(=O)[C@H](CC)N(Cc1cccc(C)c1)C(=O)CSCc1ccc(OC)cc1. The Bertz CT molecular complexity index is 839. The number of carbonyl (C=O) groups is 2. The Morgan fingerprint density at radius 1 is 1.10 bits per heavy atom. The van der Waals surface area contributed by atoms with Gasteiger partial charge in [-0.15, -0.1) is 11.8 Å². The van der Waals surface area contributed by atoms with Crippen LogP contribution in [0.2, 0.25) is 0 Å². The van der Waals surface area contributed by atoms with Crippen LogP contribution in [-0.4, -0.2) is 42.2 Å². The average molecular weight is 443 g/mol. The van der Waals surface area contributed by atoms with Crippen LogP contribution in [-0.2, 0) is 21.9 Å². The number of hydrogen-bond donors (Lipinski definition) is 1. The number of nitrogens with zero attached hydrogens (tertiary/aromatic N) is 1. The van der Waals surface area contributed by atoms with E-state index in [0.29, 0.717) is 25.3 Å². The molecule has 1 atom stereocenters. The number of rotatable bonds is 12. The largest absolute Gasteiger partial charge is 0.497 e. The van der Waals surface area contributed by atoms with E-state index in [4.69, 9.17) is 4.74 Å². The summed E-state index contributed by atoms with van der Waals surface area (Å²) in [5.74, 6) is 1.78. The zero-order valence-electron chi connectivity index (χ0n) is 19.0. The lowest BCUT2D eigenvalue weighted by Crippen LogP contribution is -2.49. The normalized spacial score (nSPS) is 11.6. The minimum Gasteiger partial charge on any atom is -0.497 e. The Balaban J connectivity index is 2.09. The highest BCUT2D eigenvalue weighted by molar-refractivity contribution is 7.99. The molecule has 0 bridgehead atoms. The van der Waals surface area contributed by atoms with E-state index in [2.05, 4.69) is 11.4 Å². The van der Waals surface area contributed by atoms with Crippen LogP contribution in [0.3, 0.4) is 0 Å². The van der Waals surface area contributed by atoms with Gasteiger partial charge in [0.2, 0.25) is 11.8 Å². The van der Waals surface area contributed by atoms with Gasteiger partial charge in [0.15, 0.2) is 0 Å². The van der Waals surface area contributed by atoms with Gasteiger partial charge in [0.25, 0.3) is 0 Å². The molecule has 2 aromatic rings. The van der Waals surface area contributed by atoms with Crippen LogP contribution in [0.5, 0.6) is 5.75 Å². The Labute approximate surface area is 190 Å². The number of amides is 2. The molecular weight excluding hydrogens is 408 g/mol. The Morgan fingerprint density at radius 2 is 1.84 bits per heavy atom. The Hall–Kier alpha value is -2.47. The van der Waals surface area contributed by atoms with E-state index in [1.54, 1.807) is 23.8 Å². The Morgan fingerprint density at radius 3 is 2.45 bits per heavy atom. The van der Waals surface area contributed by atoms with Crippen molar-refractivity contribution in [1.82, 2.24) is 10.2 Å². The fraction of sp³-hybridized carbons (Fsp3) is 0.440. The van der Waals surface area contributed by atoms with E-state index < -0.39 is 6.04 Å². The van der Waals surface area contributed by atoms with Gasteiger partial charge in [-0.05, 0) is 43.0 Å². The van der Waals surface area contributed by atoms with Gasteiger partial charge in [-0.3, -0.25) is 9.59 Å². The standard InChI is InChI=1S/C25H34N2O3S/c1-5-14-26-25(29)23(6-2)27(16-21-9-7-8-19(3)15-21)24(28)18-31-17-20-10-12-22(30-4)13-11-20/h7-13,15,23H,5-6,14,16-18H2,1-4H3,(H,26,29)/t23-/m0/s1. The quantitative estimate of drug-likeness (QED) is 0.523. The van der Waals surface area contributed by atoms with Crippen molar-refractivity contribution in [2.75, 3.05) is 19.4 Å². The molecule has 0 aromatic heterocycles. The summed E-state index contributed by atoms with van der Waals surface area (Å²) >= 11 is 1.56. The summed E-state index contributed by atoms with van der Waals surface area (Å²) in [6.07, 6.45) is 1.45. The number of aryl methyl sites for hydroxylation is 1. The maximum Gasteiger partial charge on any atom is 0.242 e. The molecule has 0 unspecified atom stereocenters. The third kappa shape index (κ3) is 7.94. The highest BCUT2D eigenvalue weighted by atomic mass is 32.2. The minimum absolute atomic E-state index is 0.0153. The van der Waals surface area contributed by atoms with Crippen LogP contribution in [0, 0.1) is 6.92 Å². The lowest BCUT2D eigenvalue weighted by molar-refractivity contribution is -0.139. The molecule has 0 saturated heterocycles. The van der Waals surface area contributed by atoms with Crippen LogP contribution in [0.4, 0.5) is 0 Å². The number of hydrogen-bond acceptors (Lipinski definition) is 4. The van der Waals surface area contributed by atoms with Crippen molar-refractivity contribution in [2.45, 2.75) is 52.0 Å². The molecule has 0 radical (unpaired) electrons. The first kappa shape index (κ1) is 24.8. The molecule has 0 heterocycles. The van der Waals surface area contributed by atoms with Crippen molar-refractivity contribution in [1.29, 1.82) is 0 Å². The summed E-state index contributed by atoms with van der Waals surface area (Å²) < 4.78 is 5.19. The number of methoxy groups -OCH3 is 1. The lowest BCUT2D eigenvalue weighted by atomic mass is 10.1. The molecule has 0 aliphatic carbocycles. The first-order chi connectivity index (χ1) is 15.0. The van der Waals surface area contributed by atoms with E-state index in [-0.39, 0.29) is 11.8 Å². The molecule has 5 nitrogen and oxygen atoms in total. The molecule has 6 heteroatoms. The highest BCUT2D eigenvalue weighted by Crippen LogP contribution is 2.19. The summed E-state index contributed by atoms with van der Waals surface area (Å²) in [6, 6.07) is 15.5. The van der Waals surface area contributed by atoms with Crippen molar-refractivity contribution >= 4 is 23.6 Å². The number of thioether (sulfide) groups is 1. The third-order valence-electron chi connectivity index (χ3n) is 5.02. The van der Waals surface area contributed by atoms with Crippen LogP contribution in [0.1, 0.15) is 43.4 Å². The predicted molar refractivity (Wildman–Crippen MR) is 128 cm³/mol. The summed E-state index contributed by atoms with van der Waals surface area (Å²) in [5.41, 5.74) is 3.31. The van der Waals surface area contributed by atoms with Crippen molar-refractivity contribution in [3.8, 4) is 5.75 Å². The molecular formula is C25H34N2O3S. The van der Waals surface area contributed by atoms with Gasteiger partial charge in [-0.1, -0.05) is 55.8 Å². The van der Waals surface area contributed by atoms with Crippen LogP contribution in [0.15, 0.2) is 48.5 Å². The molecule has 0 aliphatic heterocycles. The van der Waals surface area contributed by atoms with Gasteiger partial charge in [0.05, 0.1) is 12.9 Å². The predicted octanol–water partition coefficient (Wildman–Crippen LogP) is 4.57. The smallest absolute Gasteiger partial charge is 0.242 e. The van der Waals surface area contributed by atoms with E-state index in [9.17, 15) is 9.59 Å². The van der Waals surface area contributed by atoms with Gasteiger partial charge in [-0.2, -0.15) is 0 Å². The minimum atomic E-state index is -0.471. The summed E-state index contributed by atoms with van der Waals surface area (Å²) in [4.78, 5) is 27.7. The average Bonchev–Trinajstić information content (AvgIpc) is 2.78. The zero-order valence-corrected chi connectivity index (χ0v) is 19.8. The molecule has 31 heavy (non-hydrogen) atoms. The summed E-state index contributed by atoms with van der Waals surface area (Å²) in [5, 5.41) is 2.96. The van der Waals surface area contributed by atoms with E-state index in [1.807, 2.05) is 63.2 Å². The molecule has 0 spiro atoms. The number of ether oxygens (including phenoxy) is 1. The molecule has 0 aliphatic rings. The van der Waals surface area contributed by atoms with E-state index in [1.165, 1.54) is 0 Å². The van der Waals surface area contributed by atoms with Gasteiger partial charge >= 0.3 is 0 Å². The fourth-order valence-corrected chi connectivity index (χ4v) is 4.22. The topological polar surface area (TPSA) is 58.6 Å². The molecule has 2 amide bonds. The van der Waals surface area contributed by atoms with Crippen molar-refractivity contribution < 1.29 is 14.3 Å². The van der Waals surface area contributed by atoms with Crippen molar-refractivity contribution in [2.24, 2.45) is 0 Å². The highest BCUT2D eigenvalue weighted by Gasteiger charge is 2.28. The monoisotopic (exact) mass is 442 g/mol. The summed E-state index contributed by atoms with van der Waals surface area (Å²) in [7, 11) is 1.64. The zero-order chi connectivity index (χ0) is 22.6. The first-order valence-corrected chi connectivity index (χ1v) is 12.0. The maximum absolute atomic E-state index is 13.2. The van der Waals surface area contributed by atoms with Crippen LogP contribution in [0.25, 0.3) is 0 Å². The Kier molecular flexibility index (Phi) is 10.4. The van der Waals surface area contributed by atoms with Crippen molar-refractivity contribution in [3.63, 3.8) is 0 Å². The second kappa shape index (κ2) is 13.1. The maximum atomic E-state index is 13.2. The third-order valence-corrected chi connectivity index (χ3v) is 6.01. The number of benzene rings is 2. The molecule has 1 N–H and O–H groups in total.